The van der Waals surface area contributed by atoms with Crippen LogP contribution < -0.4 is 10.6 Å². The second kappa shape index (κ2) is 7.30. The first-order chi connectivity index (χ1) is 8.65. The molecular formula is C12H12ClN3O2. The van der Waals surface area contributed by atoms with E-state index >= 15 is 0 Å². The summed E-state index contributed by atoms with van der Waals surface area (Å²) in [5.74, 6) is -0.259. The van der Waals surface area contributed by atoms with E-state index in [1.807, 2.05) is 6.07 Å². The number of carbonyl (C=O) groups excluding carboxylic acids is 2. The predicted octanol–water partition coefficient (Wildman–Crippen LogP) is 2.03. The lowest BCUT2D eigenvalue weighted by Crippen LogP contribution is -2.34. The number of hydrogen-bond donors (Lipinski definition) is 2. The summed E-state index contributed by atoms with van der Waals surface area (Å²) >= 11 is 5.37. The maximum atomic E-state index is 11.4. The normalized spacial score (nSPS) is 9.33. The van der Waals surface area contributed by atoms with E-state index in [1.54, 1.807) is 24.3 Å². The average molecular weight is 266 g/mol. The molecule has 0 fully saturated rings. The summed E-state index contributed by atoms with van der Waals surface area (Å²) in [6, 6.07) is 8.23. The van der Waals surface area contributed by atoms with Crippen LogP contribution in [0.4, 0.5) is 10.5 Å². The van der Waals surface area contributed by atoms with E-state index in [9.17, 15) is 9.59 Å². The first kappa shape index (κ1) is 14.0. The van der Waals surface area contributed by atoms with E-state index in [0.29, 0.717) is 12.1 Å². The minimum atomic E-state index is -0.599. The van der Waals surface area contributed by atoms with Gasteiger partial charge in [-0.25, -0.2) is 4.79 Å². The van der Waals surface area contributed by atoms with Gasteiger partial charge in [-0.05, 0) is 17.7 Å². The van der Waals surface area contributed by atoms with Gasteiger partial charge in [0.1, 0.15) is 0 Å². The summed E-state index contributed by atoms with van der Waals surface area (Å²) in [4.78, 5) is 22.5. The summed E-state index contributed by atoms with van der Waals surface area (Å²) < 4.78 is 0. The van der Waals surface area contributed by atoms with Crippen molar-refractivity contribution in [2.75, 3.05) is 11.2 Å². The van der Waals surface area contributed by atoms with Crippen LogP contribution in [0, 0.1) is 11.3 Å². The maximum absolute atomic E-state index is 11.4. The van der Waals surface area contributed by atoms with Gasteiger partial charge in [-0.2, -0.15) is 5.26 Å². The molecule has 0 aliphatic rings. The van der Waals surface area contributed by atoms with Crippen molar-refractivity contribution in [3.8, 4) is 6.07 Å². The van der Waals surface area contributed by atoms with Crippen LogP contribution in [0.3, 0.4) is 0 Å². The predicted molar refractivity (Wildman–Crippen MR) is 68.3 cm³/mol. The summed E-state index contributed by atoms with van der Waals surface area (Å²) in [6.07, 6.45) is 0.413. The third-order valence-electron chi connectivity index (χ3n) is 2.07. The smallest absolute Gasteiger partial charge is 0.308 e. The molecule has 0 unspecified atom stereocenters. The molecule has 1 aromatic rings. The molecule has 0 atom stereocenters. The summed E-state index contributed by atoms with van der Waals surface area (Å²) in [5, 5.41) is 13.2. The van der Waals surface area contributed by atoms with Crippen LogP contribution in [0.25, 0.3) is 0 Å². The molecule has 5 nitrogen and oxygen atoms in total. The van der Waals surface area contributed by atoms with Crippen LogP contribution in [0.15, 0.2) is 24.3 Å². The van der Waals surface area contributed by atoms with Crippen molar-refractivity contribution >= 4 is 29.2 Å². The Morgan fingerprint density at radius 1 is 1.28 bits per heavy atom. The van der Waals surface area contributed by atoms with Crippen LogP contribution in [0.5, 0.6) is 0 Å². The zero-order valence-corrected chi connectivity index (χ0v) is 10.3. The monoisotopic (exact) mass is 265 g/mol. The second-order valence-electron chi connectivity index (χ2n) is 3.47. The number of rotatable bonds is 4. The van der Waals surface area contributed by atoms with Crippen LogP contribution in [0.1, 0.15) is 12.0 Å². The van der Waals surface area contributed by atoms with Gasteiger partial charge in [0.25, 0.3) is 0 Å². The topological polar surface area (TPSA) is 82.0 Å². The van der Waals surface area contributed by atoms with Gasteiger partial charge in [0.2, 0.25) is 5.91 Å². The molecule has 0 aliphatic heterocycles. The lowest BCUT2D eigenvalue weighted by Gasteiger charge is -2.06. The highest BCUT2D eigenvalue weighted by Gasteiger charge is 2.06. The summed E-state index contributed by atoms with van der Waals surface area (Å²) in [7, 11) is 0. The van der Waals surface area contributed by atoms with Gasteiger partial charge in [-0.3, -0.25) is 10.1 Å². The Hall–Kier alpha value is -2.06. The Morgan fingerprint density at radius 3 is 2.50 bits per heavy atom. The molecule has 18 heavy (non-hydrogen) atoms. The van der Waals surface area contributed by atoms with E-state index in [1.165, 1.54) is 0 Å². The van der Waals surface area contributed by atoms with E-state index in [4.69, 9.17) is 16.9 Å². The standard InChI is InChI=1S/C12H12ClN3O2/c13-7-5-11(17)16-12(18)15-10-3-1-9(2-4-10)6-8-14/h1-4H,5-7H2,(H2,15,16,17,18). The van der Waals surface area contributed by atoms with E-state index in [-0.39, 0.29) is 12.3 Å². The van der Waals surface area contributed by atoms with Crippen LogP contribution in [-0.2, 0) is 11.2 Å². The van der Waals surface area contributed by atoms with Crippen molar-refractivity contribution in [1.29, 1.82) is 5.26 Å². The number of nitrogens with zero attached hydrogens (tertiary/aromatic N) is 1. The number of hydrogen-bond acceptors (Lipinski definition) is 3. The van der Waals surface area contributed by atoms with Crippen molar-refractivity contribution in [2.24, 2.45) is 0 Å². The molecule has 6 heteroatoms. The fraction of sp³-hybridized carbons (Fsp3) is 0.250. The third-order valence-corrected chi connectivity index (χ3v) is 2.26. The largest absolute Gasteiger partial charge is 0.325 e. The van der Waals surface area contributed by atoms with E-state index in [2.05, 4.69) is 10.6 Å². The highest BCUT2D eigenvalue weighted by molar-refractivity contribution is 6.19. The molecule has 0 bridgehead atoms. The number of nitriles is 1. The quantitative estimate of drug-likeness (QED) is 0.817. The number of alkyl halides is 1. The van der Waals surface area contributed by atoms with E-state index in [0.717, 1.165) is 5.56 Å². The summed E-state index contributed by atoms with van der Waals surface area (Å²) in [6.45, 7) is 0. The van der Waals surface area contributed by atoms with Crippen molar-refractivity contribution in [2.45, 2.75) is 12.8 Å². The molecule has 0 heterocycles. The highest BCUT2D eigenvalue weighted by atomic mass is 35.5. The molecule has 0 aromatic heterocycles. The molecule has 0 saturated carbocycles. The lowest BCUT2D eigenvalue weighted by molar-refractivity contribution is -0.119. The van der Waals surface area contributed by atoms with Crippen molar-refractivity contribution in [3.05, 3.63) is 29.8 Å². The molecule has 0 saturated heterocycles. The number of anilines is 1. The Kier molecular flexibility index (Phi) is 5.68. The zero-order valence-electron chi connectivity index (χ0n) is 9.57. The van der Waals surface area contributed by atoms with Gasteiger partial charge >= 0.3 is 6.03 Å². The molecule has 0 spiro atoms. The second-order valence-corrected chi connectivity index (χ2v) is 3.85. The van der Waals surface area contributed by atoms with Crippen LogP contribution >= 0.6 is 11.6 Å². The van der Waals surface area contributed by atoms with Crippen molar-refractivity contribution < 1.29 is 9.59 Å². The Morgan fingerprint density at radius 2 is 1.94 bits per heavy atom. The number of halogens is 1. The van der Waals surface area contributed by atoms with Gasteiger partial charge < -0.3 is 5.32 Å². The Bertz CT molecular complexity index is 465. The maximum Gasteiger partial charge on any atom is 0.325 e. The number of urea groups is 1. The van der Waals surface area contributed by atoms with Crippen molar-refractivity contribution in [1.82, 2.24) is 5.32 Å². The van der Waals surface area contributed by atoms with Crippen LogP contribution in [-0.4, -0.2) is 17.8 Å². The molecule has 1 aromatic carbocycles. The van der Waals surface area contributed by atoms with Gasteiger partial charge in [0.15, 0.2) is 0 Å². The van der Waals surface area contributed by atoms with Gasteiger partial charge in [-0.1, -0.05) is 12.1 Å². The number of imide groups is 1. The highest BCUT2D eigenvalue weighted by Crippen LogP contribution is 2.09. The van der Waals surface area contributed by atoms with Gasteiger partial charge in [0, 0.05) is 18.0 Å². The first-order valence-corrected chi connectivity index (χ1v) is 5.82. The fourth-order valence-corrected chi connectivity index (χ4v) is 1.41. The number of carbonyl (C=O) groups is 2. The van der Waals surface area contributed by atoms with Crippen LogP contribution in [0.2, 0.25) is 0 Å². The number of benzene rings is 1. The van der Waals surface area contributed by atoms with E-state index < -0.39 is 11.9 Å². The first-order valence-electron chi connectivity index (χ1n) is 5.28. The van der Waals surface area contributed by atoms with Gasteiger partial charge in [-0.15, -0.1) is 11.6 Å². The Balaban J connectivity index is 2.49. The molecule has 94 valence electrons. The molecular weight excluding hydrogens is 254 g/mol. The molecule has 1 rings (SSSR count). The lowest BCUT2D eigenvalue weighted by atomic mass is 10.1. The number of amides is 3. The number of nitrogens with one attached hydrogen (secondary N) is 2. The molecule has 2 N–H and O–H groups in total. The average Bonchev–Trinajstić information content (AvgIpc) is 2.32. The molecule has 0 radical (unpaired) electrons. The Labute approximate surface area is 110 Å². The minimum absolute atomic E-state index is 0.0933. The molecule has 0 aliphatic carbocycles. The van der Waals surface area contributed by atoms with Crippen molar-refractivity contribution in [3.63, 3.8) is 0 Å². The fourth-order valence-electron chi connectivity index (χ4n) is 1.23. The molecule has 3 amide bonds. The van der Waals surface area contributed by atoms with Gasteiger partial charge in [0.05, 0.1) is 12.5 Å². The third kappa shape index (κ3) is 4.85. The summed E-state index contributed by atoms with van der Waals surface area (Å²) in [5.41, 5.74) is 1.41. The zero-order chi connectivity index (χ0) is 13.4. The SMILES string of the molecule is N#CCc1ccc(NC(=O)NC(=O)CCCl)cc1. The minimum Gasteiger partial charge on any atom is -0.308 e.